The number of thiophene rings is 1. The maximum Gasteiger partial charge on any atom is 0.323 e. The molecule has 2 rings (SSSR count). The Morgan fingerprint density at radius 3 is 2.78 bits per heavy atom. The van der Waals surface area contributed by atoms with Crippen LogP contribution in [0.3, 0.4) is 0 Å². The number of carboxylic acid groups (broad SMARTS) is 1. The lowest BCUT2D eigenvalue weighted by Gasteiger charge is -2.42. The van der Waals surface area contributed by atoms with Crippen LogP contribution in [0, 0.1) is 0 Å². The topological polar surface area (TPSA) is 77.9 Å². The standard InChI is InChI=1S/C11H12N2O4S/c1-7(14)13(9-3-2-4-18-9)8-5-12(11(8)17)6-10(15)16/h2-4,8H,5-6H2,1H3,(H,15,16). The molecule has 18 heavy (non-hydrogen) atoms. The molecule has 0 aromatic carbocycles. The van der Waals surface area contributed by atoms with Crippen LogP contribution in [0.5, 0.6) is 0 Å². The highest BCUT2D eigenvalue weighted by Crippen LogP contribution is 2.28. The highest BCUT2D eigenvalue weighted by atomic mass is 32.1. The Bertz CT molecular complexity index is 485. The zero-order chi connectivity index (χ0) is 13.3. The van der Waals surface area contributed by atoms with E-state index >= 15 is 0 Å². The fourth-order valence-corrected chi connectivity index (χ4v) is 2.73. The van der Waals surface area contributed by atoms with Crippen LogP contribution in [0.1, 0.15) is 6.92 Å². The van der Waals surface area contributed by atoms with Crippen molar-refractivity contribution in [3.05, 3.63) is 17.5 Å². The summed E-state index contributed by atoms with van der Waals surface area (Å²) in [6, 6.07) is 2.99. The number of carbonyl (C=O) groups is 3. The Balaban J connectivity index is 2.10. The Morgan fingerprint density at radius 1 is 1.61 bits per heavy atom. The highest BCUT2D eigenvalue weighted by molar-refractivity contribution is 7.14. The first-order chi connectivity index (χ1) is 8.50. The molecular formula is C11H12N2O4S. The van der Waals surface area contributed by atoms with Crippen LogP contribution >= 0.6 is 11.3 Å². The SMILES string of the molecule is CC(=O)N(c1cccs1)C1CN(CC(=O)O)C1=O. The van der Waals surface area contributed by atoms with Gasteiger partial charge in [0.15, 0.2) is 0 Å². The van der Waals surface area contributed by atoms with Crippen LogP contribution in [-0.4, -0.2) is 46.9 Å². The van der Waals surface area contributed by atoms with Crippen molar-refractivity contribution in [3.8, 4) is 0 Å². The van der Waals surface area contributed by atoms with Gasteiger partial charge in [0.25, 0.3) is 0 Å². The molecule has 1 unspecified atom stereocenters. The Kier molecular flexibility index (Phi) is 3.33. The summed E-state index contributed by atoms with van der Waals surface area (Å²) in [7, 11) is 0. The number of likely N-dealkylation sites (tertiary alicyclic amines) is 1. The molecule has 1 aromatic rings. The molecule has 1 aliphatic rings. The molecule has 0 radical (unpaired) electrons. The normalized spacial score (nSPS) is 18.4. The van der Waals surface area contributed by atoms with Crippen molar-refractivity contribution in [1.29, 1.82) is 0 Å². The summed E-state index contributed by atoms with van der Waals surface area (Å²) < 4.78 is 0. The quantitative estimate of drug-likeness (QED) is 0.802. The fourth-order valence-electron chi connectivity index (χ4n) is 1.91. The minimum absolute atomic E-state index is 0.217. The predicted octanol–water partition coefficient (Wildman–Crippen LogP) is 0.396. The second kappa shape index (κ2) is 4.77. The van der Waals surface area contributed by atoms with Gasteiger partial charge in [0, 0.05) is 6.92 Å². The first-order valence-corrected chi connectivity index (χ1v) is 6.22. The second-order valence-electron chi connectivity index (χ2n) is 3.97. The van der Waals surface area contributed by atoms with Crippen molar-refractivity contribution >= 4 is 34.1 Å². The summed E-state index contributed by atoms with van der Waals surface area (Å²) in [6.07, 6.45) is 0. The molecule has 0 aliphatic carbocycles. The van der Waals surface area contributed by atoms with E-state index in [2.05, 4.69) is 0 Å². The minimum atomic E-state index is -1.05. The van der Waals surface area contributed by atoms with E-state index in [1.165, 1.54) is 28.1 Å². The molecule has 2 amide bonds. The number of hydrogen-bond donors (Lipinski definition) is 1. The predicted molar refractivity (Wildman–Crippen MR) is 65.5 cm³/mol. The van der Waals surface area contributed by atoms with Gasteiger partial charge in [0.1, 0.15) is 12.6 Å². The van der Waals surface area contributed by atoms with Crippen molar-refractivity contribution in [2.24, 2.45) is 0 Å². The van der Waals surface area contributed by atoms with Gasteiger partial charge >= 0.3 is 5.97 Å². The molecule has 0 bridgehead atoms. The smallest absolute Gasteiger partial charge is 0.323 e. The number of aliphatic carboxylic acids is 1. The minimum Gasteiger partial charge on any atom is -0.480 e. The number of anilines is 1. The molecular weight excluding hydrogens is 256 g/mol. The molecule has 0 saturated carbocycles. The zero-order valence-corrected chi connectivity index (χ0v) is 10.5. The zero-order valence-electron chi connectivity index (χ0n) is 9.70. The Morgan fingerprint density at radius 2 is 2.33 bits per heavy atom. The second-order valence-corrected chi connectivity index (χ2v) is 4.89. The third-order valence-electron chi connectivity index (χ3n) is 2.71. The van der Waals surface area contributed by atoms with Crippen molar-refractivity contribution in [3.63, 3.8) is 0 Å². The summed E-state index contributed by atoms with van der Waals surface area (Å²) in [5.74, 6) is -1.58. The van der Waals surface area contributed by atoms with Crippen LogP contribution < -0.4 is 4.90 Å². The number of β-lactam (4-membered cyclic amide) rings is 1. The molecule has 7 heteroatoms. The summed E-state index contributed by atoms with van der Waals surface area (Å²) in [5.41, 5.74) is 0. The van der Waals surface area contributed by atoms with Gasteiger partial charge < -0.3 is 10.0 Å². The van der Waals surface area contributed by atoms with Crippen LogP contribution in [0.2, 0.25) is 0 Å². The van der Waals surface area contributed by atoms with E-state index in [1.807, 2.05) is 5.38 Å². The van der Waals surface area contributed by atoms with Crippen molar-refractivity contribution in [2.45, 2.75) is 13.0 Å². The lowest BCUT2D eigenvalue weighted by molar-refractivity contribution is -0.152. The molecule has 1 fully saturated rings. The third kappa shape index (κ3) is 2.21. The van der Waals surface area contributed by atoms with E-state index in [0.717, 1.165) is 0 Å². The Labute approximate surface area is 107 Å². The third-order valence-corrected chi connectivity index (χ3v) is 3.58. The van der Waals surface area contributed by atoms with Gasteiger partial charge in [-0.05, 0) is 17.5 Å². The summed E-state index contributed by atoms with van der Waals surface area (Å²) in [4.78, 5) is 36.6. The maximum atomic E-state index is 11.8. The maximum absolute atomic E-state index is 11.8. The number of nitrogens with zero attached hydrogens (tertiary/aromatic N) is 2. The molecule has 1 aromatic heterocycles. The van der Waals surface area contributed by atoms with Crippen LogP contribution in [0.15, 0.2) is 17.5 Å². The highest BCUT2D eigenvalue weighted by Gasteiger charge is 2.43. The van der Waals surface area contributed by atoms with Gasteiger partial charge in [0.2, 0.25) is 11.8 Å². The van der Waals surface area contributed by atoms with E-state index in [0.29, 0.717) is 5.00 Å². The number of hydrogen-bond acceptors (Lipinski definition) is 4. The van der Waals surface area contributed by atoms with Gasteiger partial charge in [-0.1, -0.05) is 0 Å². The van der Waals surface area contributed by atoms with Crippen molar-refractivity contribution in [1.82, 2.24) is 4.90 Å². The lowest BCUT2D eigenvalue weighted by atomic mass is 10.1. The molecule has 1 atom stereocenters. The lowest BCUT2D eigenvalue weighted by Crippen LogP contribution is -2.65. The molecule has 1 N–H and O–H groups in total. The number of amides is 2. The van der Waals surface area contributed by atoms with Crippen LogP contribution in [0.4, 0.5) is 5.00 Å². The average molecular weight is 268 g/mol. The number of carbonyl (C=O) groups excluding carboxylic acids is 2. The molecule has 96 valence electrons. The first kappa shape index (κ1) is 12.6. The molecule has 1 aliphatic heterocycles. The Hall–Kier alpha value is -1.89. The van der Waals surface area contributed by atoms with Gasteiger partial charge in [0.05, 0.1) is 11.5 Å². The monoisotopic (exact) mass is 268 g/mol. The summed E-state index contributed by atoms with van der Waals surface area (Å²) in [5, 5.41) is 11.1. The first-order valence-electron chi connectivity index (χ1n) is 5.34. The molecule has 6 nitrogen and oxygen atoms in total. The van der Waals surface area contributed by atoms with Crippen molar-refractivity contribution < 1.29 is 19.5 Å². The fraction of sp³-hybridized carbons (Fsp3) is 0.364. The van der Waals surface area contributed by atoms with Crippen molar-refractivity contribution in [2.75, 3.05) is 18.0 Å². The van der Waals surface area contributed by atoms with Gasteiger partial charge in [-0.3, -0.25) is 19.3 Å². The summed E-state index contributed by atoms with van der Waals surface area (Å²) >= 11 is 1.37. The summed E-state index contributed by atoms with van der Waals surface area (Å²) in [6.45, 7) is 1.35. The van der Waals surface area contributed by atoms with E-state index < -0.39 is 12.0 Å². The van der Waals surface area contributed by atoms with E-state index in [4.69, 9.17) is 5.11 Å². The van der Waals surface area contributed by atoms with Gasteiger partial charge in [-0.25, -0.2) is 0 Å². The van der Waals surface area contributed by atoms with E-state index in [9.17, 15) is 14.4 Å². The van der Waals surface area contributed by atoms with E-state index in [1.54, 1.807) is 12.1 Å². The van der Waals surface area contributed by atoms with Crippen LogP contribution in [0.25, 0.3) is 0 Å². The van der Waals surface area contributed by atoms with Gasteiger partial charge in [-0.2, -0.15) is 0 Å². The number of rotatable bonds is 4. The average Bonchev–Trinajstić information content (AvgIpc) is 2.79. The number of carboxylic acids is 1. The largest absolute Gasteiger partial charge is 0.480 e. The molecule has 2 heterocycles. The van der Waals surface area contributed by atoms with Crippen LogP contribution in [-0.2, 0) is 14.4 Å². The van der Waals surface area contributed by atoms with Gasteiger partial charge in [-0.15, -0.1) is 11.3 Å². The molecule has 0 spiro atoms. The molecule has 1 saturated heterocycles. The van der Waals surface area contributed by atoms with E-state index in [-0.39, 0.29) is 24.9 Å².